The molecule has 1 heterocycles. The summed E-state index contributed by atoms with van der Waals surface area (Å²) in [6.45, 7) is 3.61. The van der Waals surface area contributed by atoms with Gasteiger partial charge in [0.1, 0.15) is 17.2 Å². The molecule has 3 rings (SSSR count). The van der Waals surface area contributed by atoms with Crippen molar-refractivity contribution in [2.24, 2.45) is 0 Å². The van der Waals surface area contributed by atoms with Gasteiger partial charge in [-0.05, 0) is 68.5 Å². The fourth-order valence-corrected chi connectivity index (χ4v) is 3.20. The van der Waals surface area contributed by atoms with Crippen molar-refractivity contribution in [2.45, 2.75) is 19.4 Å². The van der Waals surface area contributed by atoms with E-state index in [9.17, 15) is 9.59 Å². The van der Waals surface area contributed by atoms with Crippen LogP contribution >= 0.6 is 0 Å². The van der Waals surface area contributed by atoms with E-state index in [1.165, 1.54) is 4.90 Å². The Balaban J connectivity index is 1.96. The maximum absolute atomic E-state index is 13.2. The van der Waals surface area contributed by atoms with Gasteiger partial charge in [-0.2, -0.15) is 0 Å². The first kappa shape index (κ1) is 20.3. The van der Waals surface area contributed by atoms with E-state index in [1.54, 1.807) is 82.7 Å². The molecule has 1 N–H and O–H groups in total. The average Bonchev–Trinajstić information content (AvgIpc) is 2.99. The predicted octanol–water partition coefficient (Wildman–Crippen LogP) is 3.37. The van der Waals surface area contributed by atoms with Gasteiger partial charge < -0.3 is 19.5 Å². The van der Waals surface area contributed by atoms with Crippen LogP contribution in [-0.4, -0.2) is 38.2 Å². The molecule has 7 heteroatoms. The highest BCUT2D eigenvalue weighted by atomic mass is 16.5. The molecule has 0 fully saturated rings. The molecule has 152 valence electrons. The van der Waals surface area contributed by atoms with Crippen molar-refractivity contribution in [3.8, 4) is 11.5 Å². The second kappa shape index (κ2) is 8.26. The number of methoxy groups -OCH3 is 2. The lowest BCUT2D eigenvalue weighted by Crippen LogP contribution is -2.51. The van der Waals surface area contributed by atoms with Crippen LogP contribution in [0.15, 0.2) is 60.3 Å². The minimum absolute atomic E-state index is 0.216. The number of benzene rings is 2. The Morgan fingerprint density at radius 2 is 1.55 bits per heavy atom. The van der Waals surface area contributed by atoms with Gasteiger partial charge in [0, 0.05) is 11.4 Å². The lowest BCUT2D eigenvalue weighted by molar-refractivity contribution is -0.147. The molecule has 7 nitrogen and oxygen atoms in total. The number of nitrogens with one attached hydrogen (secondary N) is 1. The lowest BCUT2D eigenvalue weighted by Gasteiger charge is -2.32. The molecular formula is C22H24N2O5. The Morgan fingerprint density at radius 3 is 2.07 bits per heavy atom. The van der Waals surface area contributed by atoms with Gasteiger partial charge in [-0.3, -0.25) is 9.69 Å². The van der Waals surface area contributed by atoms with Gasteiger partial charge in [-0.15, -0.1) is 0 Å². The maximum Gasteiger partial charge on any atom is 0.336 e. The van der Waals surface area contributed by atoms with Crippen LogP contribution in [0.1, 0.15) is 13.8 Å². The highest BCUT2D eigenvalue weighted by Crippen LogP contribution is 2.36. The Morgan fingerprint density at radius 1 is 1.00 bits per heavy atom. The second-order valence-corrected chi connectivity index (χ2v) is 6.62. The van der Waals surface area contributed by atoms with E-state index in [2.05, 4.69) is 5.32 Å². The highest BCUT2D eigenvalue weighted by Gasteiger charge is 2.49. The third-order valence-electron chi connectivity index (χ3n) is 4.71. The number of carbonyl (C=O) groups excluding carboxylic acids is 2. The summed E-state index contributed by atoms with van der Waals surface area (Å²) in [5.41, 5.74) is 0.278. The number of hydrogen-bond donors (Lipinski definition) is 1. The molecule has 1 amide bonds. The Labute approximate surface area is 169 Å². The summed E-state index contributed by atoms with van der Waals surface area (Å²) in [5, 5.41) is 3.10. The number of ether oxygens (including phenoxy) is 3. The fraction of sp³-hybridized carbons (Fsp3) is 0.273. The molecule has 0 saturated carbocycles. The summed E-state index contributed by atoms with van der Waals surface area (Å²) in [6.07, 6.45) is 1.60. The van der Waals surface area contributed by atoms with Crippen molar-refractivity contribution >= 4 is 23.3 Å². The van der Waals surface area contributed by atoms with Crippen LogP contribution in [0, 0.1) is 0 Å². The van der Waals surface area contributed by atoms with Crippen LogP contribution in [-0.2, 0) is 14.3 Å². The van der Waals surface area contributed by atoms with Crippen molar-refractivity contribution in [3.05, 3.63) is 60.3 Å². The normalized spacial score (nSPS) is 18.3. The largest absolute Gasteiger partial charge is 0.497 e. The van der Waals surface area contributed by atoms with Crippen LogP contribution < -0.4 is 19.7 Å². The minimum atomic E-state index is -1.28. The molecule has 0 bridgehead atoms. The Hall–Kier alpha value is -3.48. The SMILES string of the molecule is CCOC(=O)[C@@]1(C)C=C(Nc2ccc(OC)cc2)C(=O)N1c1ccc(OC)cc1. The minimum Gasteiger partial charge on any atom is -0.497 e. The van der Waals surface area contributed by atoms with Crippen LogP contribution in [0.2, 0.25) is 0 Å². The van der Waals surface area contributed by atoms with E-state index >= 15 is 0 Å². The number of rotatable bonds is 7. The zero-order chi connectivity index (χ0) is 21.0. The molecule has 0 aromatic heterocycles. The number of anilines is 2. The summed E-state index contributed by atoms with van der Waals surface area (Å²) >= 11 is 0. The van der Waals surface area contributed by atoms with Crippen LogP contribution in [0.25, 0.3) is 0 Å². The third-order valence-corrected chi connectivity index (χ3v) is 4.71. The highest BCUT2D eigenvalue weighted by molar-refractivity contribution is 6.16. The number of nitrogens with zero attached hydrogens (tertiary/aromatic N) is 1. The summed E-state index contributed by atoms with van der Waals surface area (Å²) < 4.78 is 15.6. The van der Waals surface area contributed by atoms with Gasteiger partial charge in [0.15, 0.2) is 5.54 Å². The van der Waals surface area contributed by atoms with Gasteiger partial charge in [0.2, 0.25) is 0 Å². The number of carbonyl (C=O) groups is 2. The van der Waals surface area contributed by atoms with E-state index in [-0.39, 0.29) is 12.5 Å². The molecule has 2 aromatic rings. The quantitative estimate of drug-likeness (QED) is 0.723. The van der Waals surface area contributed by atoms with Crippen molar-refractivity contribution in [2.75, 3.05) is 31.0 Å². The monoisotopic (exact) mass is 396 g/mol. The first-order valence-electron chi connectivity index (χ1n) is 9.22. The van der Waals surface area contributed by atoms with E-state index in [1.807, 2.05) is 0 Å². The van der Waals surface area contributed by atoms with Crippen LogP contribution in [0.3, 0.4) is 0 Å². The summed E-state index contributed by atoms with van der Waals surface area (Å²) in [4.78, 5) is 27.4. The molecule has 0 saturated heterocycles. The molecule has 1 aliphatic heterocycles. The van der Waals surface area contributed by atoms with Crippen molar-refractivity contribution in [1.82, 2.24) is 0 Å². The second-order valence-electron chi connectivity index (χ2n) is 6.62. The zero-order valence-electron chi connectivity index (χ0n) is 16.9. The molecule has 0 spiro atoms. The molecular weight excluding hydrogens is 372 g/mol. The van der Waals surface area contributed by atoms with Gasteiger partial charge in [0.25, 0.3) is 5.91 Å². The summed E-state index contributed by atoms with van der Waals surface area (Å²) in [5.74, 6) is 0.526. The van der Waals surface area contributed by atoms with Gasteiger partial charge >= 0.3 is 5.97 Å². The Kier molecular flexibility index (Phi) is 5.77. The van der Waals surface area contributed by atoms with Gasteiger partial charge in [-0.1, -0.05) is 0 Å². The van der Waals surface area contributed by atoms with E-state index < -0.39 is 11.5 Å². The number of amides is 1. The smallest absolute Gasteiger partial charge is 0.336 e. The first-order valence-corrected chi connectivity index (χ1v) is 9.22. The van der Waals surface area contributed by atoms with Gasteiger partial charge in [-0.25, -0.2) is 4.79 Å². The fourth-order valence-electron chi connectivity index (χ4n) is 3.20. The van der Waals surface area contributed by atoms with Gasteiger partial charge in [0.05, 0.1) is 20.8 Å². The lowest BCUT2D eigenvalue weighted by atomic mass is 10.0. The summed E-state index contributed by atoms with van der Waals surface area (Å²) in [7, 11) is 3.15. The molecule has 1 atom stereocenters. The molecule has 0 unspecified atom stereocenters. The number of hydrogen-bond acceptors (Lipinski definition) is 6. The molecule has 29 heavy (non-hydrogen) atoms. The molecule has 0 radical (unpaired) electrons. The van der Waals surface area contributed by atoms with Crippen molar-refractivity contribution < 1.29 is 23.8 Å². The first-order chi connectivity index (χ1) is 13.9. The Bertz CT molecular complexity index is 921. The van der Waals surface area contributed by atoms with Crippen LogP contribution in [0.4, 0.5) is 11.4 Å². The molecule has 2 aromatic carbocycles. The zero-order valence-corrected chi connectivity index (χ0v) is 16.9. The predicted molar refractivity (Wildman–Crippen MR) is 110 cm³/mol. The standard InChI is InChI=1S/C22H24N2O5/c1-5-29-21(26)22(2)14-19(23-15-6-10-17(27-3)11-7-15)20(25)24(22)16-8-12-18(28-4)13-9-16/h6-14,23H,5H2,1-4H3/t22-/m1/s1. The molecule has 1 aliphatic rings. The van der Waals surface area contributed by atoms with Crippen LogP contribution in [0.5, 0.6) is 11.5 Å². The third kappa shape index (κ3) is 3.89. The molecule has 0 aliphatic carbocycles. The summed E-state index contributed by atoms with van der Waals surface area (Å²) in [6, 6.07) is 14.1. The maximum atomic E-state index is 13.2. The topological polar surface area (TPSA) is 77.1 Å². The van der Waals surface area contributed by atoms with E-state index in [4.69, 9.17) is 14.2 Å². The average molecular weight is 396 g/mol. The van der Waals surface area contributed by atoms with E-state index in [0.29, 0.717) is 28.6 Å². The number of esters is 1. The van der Waals surface area contributed by atoms with Crippen molar-refractivity contribution in [1.29, 1.82) is 0 Å². The van der Waals surface area contributed by atoms with E-state index in [0.717, 1.165) is 0 Å². The van der Waals surface area contributed by atoms with Crippen molar-refractivity contribution in [3.63, 3.8) is 0 Å².